The van der Waals surface area contributed by atoms with E-state index in [1.807, 2.05) is 0 Å². The van der Waals surface area contributed by atoms with Crippen LogP contribution in [0.25, 0.3) is 0 Å². The molecule has 12 heavy (non-hydrogen) atoms. The van der Waals surface area contributed by atoms with Gasteiger partial charge in [-0.25, -0.2) is 0 Å². The summed E-state index contributed by atoms with van der Waals surface area (Å²) in [6, 6.07) is 0.858. The van der Waals surface area contributed by atoms with Crippen LogP contribution >= 0.6 is 0 Å². The SMILES string of the molecule is CC1CC(N2CCC(CO)C2)C1. The van der Waals surface area contributed by atoms with Crippen LogP contribution in [0.4, 0.5) is 0 Å². The molecule has 0 radical (unpaired) electrons. The molecule has 0 amide bonds. The average Bonchev–Trinajstić information content (AvgIpc) is 2.46. The highest BCUT2D eigenvalue weighted by Crippen LogP contribution is 2.33. The first-order valence-electron chi connectivity index (χ1n) is 5.14. The molecule has 1 saturated heterocycles. The molecule has 2 rings (SSSR count). The first-order chi connectivity index (χ1) is 5.79. The Labute approximate surface area is 74.6 Å². The highest BCUT2D eigenvalue weighted by atomic mass is 16.3. The quantitative estimate of drug-likeness (QED) is 0.669. The summed E-state index contributed by atoms with van der Waals surface area (Å²) in [7, 11) is 0. The van der Waals surface area contributed by atoms with Crippen molar-refractivity contribution in [2.75, 3.05) is 19.7 Å². The summed E-state index contributed by atoms with van der Waals surface area (Å²) in [6.07, 6.45) is 3.98. The fourth-order valence-electron chi connectivity index (χ4n) is 2.50. The van der Waals surface area contributed by atoms with Crippen molar-refractivity contribution in [1.29, 1.82) is 0 Å². The van der Waals surface area contributed by atoms with Gasteiger partial charge in [-0.05, 0) is 37.6 Å². The smallest absolute Gasteiger partial charge is 0.0471 e. The van der Waals surface area contributed by atoms with Crippen LogP contribution in [0.15, 0.2) is 0 Å². The van der Waals surface area contributed by atoms with Crippen molar-refractivity contribution in [3.63, 3.8) is 0 Å². The number of rotatable bonds is 2. The van der Waals surface area contributed by atoms with Crippen molar-refractivity contribution in [2.45, 2.75) is 32.2 Å². The van der Waals surface area contributed by atoms with E-state index in [1.165, 1.54) is 25.8 Å². The maximum absolute atomic E-state index is 8.98. The van der Waals surface area contributed by atoms with Gasteiger partial charge in [-0.1, -0.05) is 6.92 Å². The second-order valence-electron chi connectivity index (χ2n) is 4.56. The molecular weight excluding hydrogens is 150 g/mol. The lowest BCUT2D eigenvalue weighted by Gasteiger charge is -2.39. The van der Waals surface area contributed by atoms with Crippen molar-refractivity contribution in [3.05, 3.63) is 0 Å². The molecule has 1 saturated carbocycles. The van der Waals surface area contributed by atoms with Gasteiger partial charge in [-0.3, -0.25) is 4.90 Å². The van der Waals surface area contributed by atoms with Crippen LogP contribution in [0, 0.1) is 11.8 Å². The average molecular weight is 169 g/mol. The van der Waals surface area contributed by atoms with E-state index in [4.69, 9.17) is 5.11 Å². The molecule has 1 N–H and O–H groups in total. The van der Waals surface area contributed by atoms with E-state index in [2.05, 4.69) is 11.8 Å². The number of aliphatic hydroxyl groups excluding tert-OH is 1. The molecule has 0 aromatic heterocycles. The van der Waals surface area contributed by atoms with E-state index in [-0.39, 0.29) is 0 Å². The Kier molecular flexibility index (Phi) is 2.37. The van der Waals surface area contributed by atoms with E-state index < -0.39 is 0 Å². The third-order valence-corrected chi connectivity index (χ3v) is 3.44. The number of hydrogen-bond donors (Lipinski definition) is 1. The van der Waals surface area contributed by atoms with Crippen LogP contribution in [0.3, 0.4) is 0 Å². The summed E-state index contributed by atoms with van der Waals surface area (Å²) in [4.78, 5) is 2.57. The van der Waals surface area contributed by atoms with Crippen LogP contribution in [0.2, 0.25) is 0 Å². The molecule has 0 bridgehead atoms. The summed E-state index contributed by atoms with van der Waals surface area (Å²) in [5.41, 5.74) is 0. The number of likely N-dealkylation sites (tertiary alicyclic amines) is 1. The topological polar surface area (TPSA) is 23.5 Å². The van der Waals surface area contributed by atoms with Crippen molar-refractivity contribution in [3.8, 4) is 0 Å². The Morgan fingerprint density at radius 1 is 1.42 bits per heavy atom. The van der Waals surface area contributed by atoms with E-state index >= 15 is 0 Å². The summed E-state index contributed by atoms with van der Waals surface area (Å²) in [6.45, 7) is 5.09. The molecule has 2 fully saturated rings. The van der Waals surface area contributed by atoms with E-state index in [9.17, 15) is 0 Å². The predicted molar refractivity (Wildman–Crippen MR) is 49.0 cm³/mol. The van der Waals surface area contributed by atoms with Gasteiger partial charge in [-0.15, -0.1) is 0 Å². The van der Waals surface area contributed by atoms with Gasteiger partial charge in [0.15, 0.2) is 0 Å². The normalized spacial score (nSPS) is 43.0. The van der Waals surface area contributed by atoms with Crippen molar-refractivity contribution in [1.82, 2.24) is 4.90 Å². The van der Waals surface area contributed by atoms with Gasteiger partial charge in [0.05, 0.1) is 0 Å². The van der Waals surface area contributed by atoms with Gasteiger partial charge in [0, 0.05) is 19.2 Å². The van der Waals surface area contributed by atoms with Gasteiger partial charge in [0.2, 0.25) is 0 Å². The number of nitrogens with zero attached hydrogens (tertiary/aromatic N) is 1. The Balaban J connectivity index is 1.76. The zero-order valence-corrected chi connectivity index (χ0v) is 7.87. The molecule has 70 valence electrons. The molecule has 1 atom stereocenters. The van der Waals surface area contributed by atoms with Crippen LogP contribution in [-0.2, 0) is 0 Å². The third-order valence-electron chi connectivity index (χ3n) is 3.44. The molecule has 0 spiro atoms. The van der Waals surface area contributed by atoms with Crippen molar-refractivity contribution >= 4 is 0 Å². The van der Waals surface area contributed by atoms with Crippen molar-refractivity contribution in [2.24, 2.45) is 11.8 Å². The second kappa shape index (κ2) is 3.35. The van der Waals surface area contributed by atoms with Crippen LogP contribution < -0.4 is 0 Å². The molecule has 1 unspecified atom stereocenters. The van der Waals surface area contributed by atoms with Gasteiger partial charge in [-0.2, -0.15) is 0 Å². The van der Waals surface area contributed by atoms with Crippen LogP contribution in [-0.4, -0.2) is 35.7 Å². The maximum atomic E-state index is 8.98. The molecule has 2 heteroatoms. The van der Waals surface area contributed by atoms with Gasteiger partial charge >= 0.3 is 0 Å². The van der Waals surface area contributed by atoms with E-state index in [0.717, 1.165) is 18.5 Å². The minimum absolute atomic E-state index is 0.388. The summed E-state index contributed by atoms with van der Waals surface area (Å²) in [5.74, 6) is 1.52. The van der Waals surface area contributed by atoms with Crippen LogP contribution in [0.5, 0.6) is 0 Å². The van der Waals surface area contributed by atoms with Gasteiger partial charge in [0.1, 0.15) is 0 Å². The molecule has 0 aromatic carbocycles. The third kappa shape index (κ3) is 1.50. The van der Waals surface area contributed by atoms with Gasteiger partial charge < -0.3 is 5.11 Å². The highest BCUT2D eigenvalue weighted by Gasteiger charge is 2.34. The standard InChI is InChI=1S/C10H19NO/c1-8-4-10(5-8)11-3-2-9(6-11)7-12/h8-10,12H,2-7H2,1H3. The predicted octanol–water partition coefficient (Wildman–Crippen LogP) is 1.10. The molecule has 1 aliphatic heterocycles. The first-order valence-corrected chi connectivity index (χ1v) is 5.14. The summed E-state index contributed by atoms with van der Waals surface area (Å²) in [5, 5.41) is 8.98. The van der Waals surface area contributed by atoms with Crippen LogP contribution in [0.1, 0.15) is 26.2 Å². The first kappa shape index (κ1) is 8.52. The minimum Gasteiger partial charge on any atom is -0.396 e. The molecule has 0 aromatic rings. The molecule has 1 aliphatic carbocycles. The van der Waals surface area contributed by atoms with E-state index in [0.29, 0.717) is 12.5 Å². The summed E-state index contributed by atoms with van der Waals surface area (Å²) < 4.78 is 0. The molecule has 2 aliphatic rings. The fourth-order valence-corrected chi connectivity index (χ4v) is 2.50. The lowest BCUT2D eigenvalue weighted by atomic mass is 9.81. The second-order valence-corrected chi connectivity index (χ2v) is 4.56. The Bertz CT molecular complexity index is 154. The fraction of sp³-hybridized carbons (Fsp3) is 1.00. The highest BCUT2D eigenvalue weighted by molar-refractivity contribution is 4.88. The Morgan fingerprint density at radius 2 is 2.17 bits per heavy atom. The zero-order chi connectivity index (χ0) is 8.55. The van der Waals surface area contributed by atoms with Crippen molar-refractivity contribution < 1.29 is 5.11 Å². The lowest BCUT2D eigenvalue weighted by molar-refractivity contribution is 0.101. The lowest BCUT2D eigenvalue weighted by Crippen LogP contribution is -2.42. The molecule has 1 heterocycles. The minimum atomic E-state index is 0.388. The van der Waals surface area contributed by atoms with E-state index in [1.54, 1.807) is 0 Å². The Morgan fingerprint density at radius 3 is 2.67 bits per heavy atom. The Hall–Kier alpha value is -0.0800. The van der Waals surface area contributed by atoms with Gasteiger partial charge in [0.25, 0.3) is 0 Å². The number of aliphatic hydroxyl groups is 1. The summed E-state index contributed by atoms with van der Waals surface area (Å²) >= 11 is 0. The monoisotopic (exact) mass is 169 g/mol. The number of hydrogen-bond acceptors (Lipinski definition) is 2. The molecular formula is C10H19NO. The molecule has 2 nitrogen and oxygen atoms in total. The zero-order valence-electron chi connectivity index (χ0n) is 7.87. The largest absolute Gasteiger partial charge is 0.396 e. The maximum Gasteiger partial charge on any atom is 0.0471 e.